The molecule has 2 aromatic rings. The fraction of sp³-hybridized carbons (Fsp3) is 0.400. The summed E-state index contributed by atoms with van der Waals surface area (Å²) in [5.74, 6) is 1.46. The minimum Gasteiger partial charge on any atom is -0.497 e. The summed E-state index contributed by atoms with van der Waals surface area (Å²) in [6.07, 6.45) is 1.85. The van der Waals surface area contributed by atoms with Crippen LogP contribution >= 0.6 is 11.3 Å². The van der Waals surface area contributed by atoms with Crippen molar-refractivity contribution in [3.63, 3.8) is 0 Å². The summed E-state index contributed by atoms with van der Waals surface area (Å²) in [7, 11) is 1.63. The highest BCUT2D eigenvalue weighted by Gasteiger charge is 2.07. The summed E-state index contributed by atoms with van der Waals surface area (Å²) < 4.78 is 10.7. The molecule has 7 nitrogen and oxygen atoms in total. The summed E-state index contributed by atoms with van der Waals surface area (Å²) in [6, 6.07) is 7.45. The molecule has 3 N–H and O–H groups in total. The minimum atomic E-state index is -0.141. The highest BCUT2D eigenvalue weighted by atomic mass is 32.1. The Morgan fingerprint density at radius 2 is 2.00 bits per heavy atom. The van der Waals surface area contributed by atoms with Gasteiger partial charge in [-0.2, -0.15) is 0 Å². The van der Waals surface area contributed by atoms with Crippen LogP contribution in [0, 0.1) is 0 Å². The molecule has 1 aromatic heterocycles. The van der Waals surface area contributed by atoms with Gasteiger partial charge in [-0.05, 0) is 30.7 Å². The van der Waals surface area contributed by atoms with Crippen LogP contribution in [-0.2, 0) is 11.2 Å². The van der Waals surface area contributed by atoms with Crippen LogP contribution in [0.2, 0.25) is 0 Å². The molecule has 0 aliphatic rings. The van der Waals surface area contributed by atoms with Crippen molar-refractivity contribution in [2.45, 2.75) is 19.3 Å². The highest BCUT2D eigenvalue weighted by Crippen LogP contribution is 2.19. The van der Waals surface area contributed by atoms with E-state index in [2.05, 4.69) is 15.5 Å². The number of nitrogens with zero attached hydrogens (tertiary/aromatic N) is 2. The fourth-order valence-corrected chi connectivity index (χ4v) is 2.60. The third-order valence-corrected chi connectivity index (χ3v) is 3.85. The van der Waals surface area contributed by atoms with Gasteiger partial charge in [0, 0.05) is 19.4 Å². The largest absolute Gasteiger partial charge is 0.497 e. The van der Waals surface area contributed by atoms with Crippen molar-refractivity contribution in [3.05, 3.63) is 29.3 Å². The van der Waals surface area contributed by atoms with Crippen LogP contribution in [-0.4, -0.2) is 36.4 Å². The van der Waals surface area contributed by atoms with Gasteiger partial charge in [-0.15, -0.1) is 10.2 Å². The lowest BCUT2D eigenvalue weighted by molar-refractivity contribution is -0.116. The number of ether oxygens (including phenoxy) is 2. The van der Waals surface area contributed by atoms with E-state index >= 15 is 0 Å². The lowest BCUT2D eigenvalue weighted by Crippen LogP contribution is -2.15. The second kappa shape index (κ2) is 9.06. The summed E-state index contributed by atoms with van der Waals surface area (Å²) in [6.45, 7) is 0.904. The average molecular weight is 336 g/mol. The Bertz CT molecular complexity index is 615. The van der Waals surface area contributed by atoms with Crippen molar-refractivity contribution < 1.29 is 14.3 Å². The molecule has 0 aliphatic heterocycles. The molecule has 0 aliphatic carbocycles. The Labute approximate surface area is 138 Å². The monoisotopic (exact) mass is 336 g/mol. The molecule has 0 radical (unpaired) electrons. The van der Waals surface area contributed by atoms with Crippen molar-refractivity contribution >= 4 is 22.4 Å². The van der Waals surface area contributed by atoms with Crippen molar-refractivity contribution in [1.82, 2.24) is 10.2 Å². The second-order valence-corrected chi connectivity index (χ2v) is 5.78. The quantitative estimate of drug-likeness (QED) is 0.678. The van der Waals surface area contributed by atoms with E-state index in [9.17, 15) is 4.79 Å². The van der Waals surface area contributed by atoms with Crippen LogP contribution < -0.4 is 20.5 Å². The predicted molar refractivity (Wildman–Crippen MR) is 89.0 cm³/mol. The normalized spacial score (nSPS) is 10.3. The Balaban J connectivity index is 1.69. The number of carbonyl (C=O) groups is 1. The van der Waals surface area contributed by atoms with E-state index in [1.165, 1.54) is 11.3 Å². The Hall–Kier alpha value is -2.19. The molecule has 2 rings (SSSR count). The van der Waals surface area contributed by atoms with Gasteiger partial charge >= 0.3 is 0 Å². The molecule has 1 heterocycles. The molecule has 1 aromatic carbocycles. The number of amides is 1. The maximum atomic E-state index is 11.4. The third kappa shape index (κ3) is 5.84. The Morgan fingerprint density at radius 1 is 1.26 bits per heavy atom. The number of aromatic nitrogens is 2. The summed E-state index contributed by atoms with van der Waals surface area (Å²) >= 11 is 1.37. The molecular weight excluding hydrogens is 316 g/mol. The predicted octanol–water partition coefficient (Wildman–Crippen LogP) is 1.85. The lowest BCUT2D eigenvalue weighted by atomic mass is 10.3. The van der Waals surface area contributed by atoms with Crippen LogP contribution in [0.25, 0.3) is 0 Å². The van der Waals surface area contributed by atoms with Crippen LogP contribution in [0.4, 0.5) is 5.13 Å². The third-order valence-electron chi connectivity index (χ3n) is 2.95. The molecule has 1 amide bonds. The number of anilines is 1. The lowest BCUT2D eigenvalue weighted by Gasteiger charge is -2.06. The van der Waals surface area contributed by atoms with Crippen LogP contribution in [0.1, 0.15) is 17.8 Å². The fourth-order valence-electron chi connectivity index (χ4n) is 1.80. The molecule has 124 valence electrons. The first-order valence-corrected chi connectivity index (χ1v) is 8.12. The van der Waals surface area contributed by atoms with Gasteiger partial charge in [-0.3, -0.25) is 4.79 Å². The van der Waals surface area contributed by atoms with Gasteiger partial charge in [0.15, 0.2) is 0 Å². The summed E-state index contributed by atoms with van der Waals surface area (Å²) in [5.41, 5.74) is 5.32. The van der Waals surface area contributed by atoms with Crippen molar-refractivity contribution in [2.24, 2.45) is 5.73 Å². The number of nitrogens with two attached hydrogens (primary N) is 1. The zero-order valence-corrected chi connectivity index (χ0v) is 13.8. The van der Waals surface area contributed by atoms with E-state index in [0.29, 0.717) is 18.3 Å². The van der Waals surface area contributed by atoms with Crippen LogP contribution in [0.15, 0.2) is 24.3 Å². The Kier molecular flexibility index (Phi) is 6.76. The number of nitrogens with one attached hydrogen (secondary N) is 1. The van der Waals surface area contributed by atoms with Gasteiger partial charge in [0.1, 0.15) is 16.5 Å². The van der Waals surface area contributed by atoms with Gasteiger partial charge in [0.2, 0.25) is 11.0 Å². The number of carbonyl (C=O) groups excluding carboxylic acids is 1. The average Bonchev–Trinajstić information content (AvgIpc) is 2.99. The highest BCUT2D eigenvalue weighted by molar-refractivity contribution is 7.15. The van der Waals surface area contributed by atoms with Crippen molar-refractivity contribution in [2.75, 3.05) is 25.6 Å². The van der Waals surface area contributed by atoms with Crippen LogP contribution in [0.5, 0.6) is 11.5 Å². The number of benzene rings is 1. The molecule has 0 bridgehead atoms. The van der Waals surface area contributed by atoms with E-state index in [0.717, 1.165) is 29.3 Å². The van der Waals surface area contributed by atoms with Gasteiger partial charge in [-0.25, -0.2) is 0 Å². The zero-order chi connectivity index (χ0) is 16.5. The topological polar surface area (TPSA) is 99.4 Å². The summed E-state index contributed by atoms with van der Waals surface area (Å²) in [4.78, 5) is 11.4. The second-order valence-electron chi connectivity index (χ2n) is 4.72. The number of hydrogen-bond acceptors (Lipinski definition) is 7. The van der Waals surface area contributed by atoms with Gasteiger partial charge in [0.25, 0.3) is 0 Å². The van der Waals surface area contributed by atoms with Crippen molar-refractivity contribution in [3.8, 4) is 11.5 Å². The first-order chi connectivity index (χ1) is 11.2. The molecule has 0 fully saturated rings. The molecule has 8 heteroatoms. The first-order valence-electron chi connectivity index (χ1n) is 7.30. The van der Waals surface area contributed by atoms with E-state index < -0.39 is 0 Å². The number of methoxy groups -OCH3 is 1. The van der Waals surface area contributed by atoms with E-state index in [-0.39, 0.29) is 12.3 Å². The molecule has 0 saturated heterocycles. The maximum Gasteiger partial charge on any atom is 0.227 e. The van der Waals surface area contributed by atoms with Crippen molar-refractivity contribution in [1.29, 1.82) is 0 Å². The number of aryl methyl sites for hydroxylation is 1. The summed E-state index contributed by atoms with van der Waals surface area (Å²) in [5, 5.41) is 12.0. The number of hydrogen-bond donors (Lipinski definition) is 2. The van der Waals surface area contributed by atoms with Crippen LogP contribution in [0.3, 0.4) is 0 Å². The Morgan fingerprint density at radius 3 is 2.70 bits per heavy atom. The zero-order valence-electron chi connectivity index (χ0n) is 12.9. The minimum absolute atomic E-state index is 0.141. The van der Waals surface area contributed by atoms with Gasteiger partial charge in [0.05, 0.1) is 13.7 Å². The van der Waals surface area contributed by atoms with E-state index in [1.807, 2.05) is 24.3 Å². The molecule has 0 unspecified atom stereocenters. The standard InChI is InChI=1S/C15H20N4O3S/c1-21-11-4-6-12(7-5-11)22-10-2-3-14-18-19-15(23-14)17-13(20)8-9-16/h4-7H,2-3,8-10,16H2,1H3,(H,17,19,20). The number of rotatable bonds is 9. The van der Waals surface area contributed by atoms with Gasteiger partial charge < -0.3 is 20.5 Å². The molecular formula is C15H20N4O3S. The SMILES string of the molecule is COc1ccc(OCCCc2nnc(NC(=O)CCN)s2)cc1. The van der Waals surface area contributed by atoms with Gasteiger partial charge in [-0.1, -0.05) is 11.3 Å². The maximum absolute atomic E-state index is 11.4. The smallest absolute Gasteiger partial charge is 0.227 e. The van der Waals surface area contributed by atoms with E-state index in [1.54, 1.807) is 7.11 Å². The first kappa shape index (κ1) is 17.2. The molecule has 0 saturated carbocycles. The molecule has 0 atom stereocenters. The molecule has 0 spiro atoms. The van der Waals surface area contributed by atoms with E-state index in [4.69, 9.17) is 15.2 Å². The molecule has 23 heavy (non-hydrogen) atoms.